The van der Waals surface area contributed by atoms with Crippen molar-refractivity contribution in [3.05, 3.63) is 0 Å². The molecule has 0 aliphatic heterocycles. The van der Waals surface area contributed by atoms with Crippen molar-refractivity contribution in [2.75, 3.05) is 13.3 Å². The summed E-state index contributed by atoms with van der Waals surface area (Å²) in [6, 6.07) is 0. The molecular formula is C4H11N2O3P. The van der Waals surface area contributed by atoms with E-state index in [1.165, 1.54) is 13.3 Å². The van der Waals surface area contributed by atoms with Crippen molar-refractivity contribution in [1.29, 1.82) is 0 Å². The van der Waals surface area contributed by atoms with Gasteiger partial charge in [0.2, 0.25) is 0 Å². The average molecular weight is 166 g/mol. The van der Waals surface area contributed by atoms with Gasteiger partial charge in [-0.2, -0.15) is 0 Å². The van der Waals surface area contributed by atoms with E-state index in [0.717, 1.165) is 0 Å². The highest BCUT2D eigenvalue weighted by molar-refractivity contribution is 7.63. The second kappa shape index (κ2) is 3.14. The molecule has 1 amide bonds. The molecule has 0 aromatic heterocycles. The predicted molar refractivity (Wildman–Crippen MR) is 37.8 cm³/mol. The molecule has 0 saturated heterocycles. The number of hydrazine groups is 1. The largest absolute Gasteiger partial charge is 0.376 e. The number of hydrogen-bond donors (Lipinski definition) is 3. The Balaban J connectivity index is 4.23. The summed E-state index contributed by atoms with van der Waals surface area (Å²) in [5.74, 6) is 2.39. The lowest BCUT2D eigenvalue weighted by atomic mass is 10.7. The van der Waals surface area contributed by atoms with Crippen molar-refractivity contribution in [3.63, 3.8) is 0 Å². The second-order valence-corrected chi connectivity index (χ2v) is 5.67. The molecule has 0 aliphatic rings. The van der Waals surface area contributed by atoms with Gasteiger partial charge >= 0.3 is 0 Å². The number of carbonyl (C=O) groups excluding carboxylic acids is 1. The number of carbonyl (C=O) groups is 1. The Bertz CT molecular complexity index is 175. The van der Waals surface area contributed by atoms with Gasteiger partial charge in [-0.05, 0) is 13.3 Å². The van der Waals surface area contributed by atoms with Crippen molar-refractivity contribution in [2.45, 2.75) is 5.85 Å². The molecule has 10 heavy (non-hydrogen) atoms. The van der Waals surface area contributed by atoms with E-state index < -0.39 is 18.9 Å². The summed E-state index contributed by atoms with van der Waals surface area (Å²) in [5, 5.41) is 8.90. The van der Waals surface area contributed by atoms with Crippen molar-refractivity contribution in [1.82, 2.24) is 5.43 Å². The van der Waals surface area contributed by atoms with Crippen molar-refractivity contribution >= 4 is 13.0 Å². The molecule has 1 unspecified atom stereocenters. The third-order valence-electron chi connectivity index (χ3n) is 0.966. The highest BCUT2D eigenvalue weighted by atomic mass is 31.2. The zero-order valence-electron chi connectivity index (χ0n) is 5.87. The Morgan fingerprint density at radius 2 is 2.10 bits per heavy atom. The van der Waals surface area contributed by atoms with Gasteiger partial charge in [0.25, 0.3) is 5.91 Å². The fourth-order valence-electron chi connectivity index (χ4n) is 0.357. The first-order valence-corrected chi connectivity index (χ1v) is 5.30. The number of nitrogens with one attached hydrogen (secondary N) is 1. The van der Waals surface area contributed by atoms with E-state index >= 15 is 0 Å². The van der Waals surface area contributed by atoms with Crippen LogP contribution in [0.2, 0.25) is 0 Å². The van der Waals surface area contributed by atoms with Gasteiger partial charge in [-0.15, -0.1) is 0 Å². The van der Waals surface area contributed by atoms with E-state index in [1.54, 1.807) is 5.43 Å². The van der Waals surface area contributed by atoms with E-state index in [0.29, 0.717) is 0 Å². The predicted octanol–water partition coefficient (Wildman–Crippen LogP) is -1.08. The smallest absolute Gasteiger partial charge is 0.270 e. The fourth-order valence-corrected chi connectivity index (χ4v) is 0.996. The lowest BCUT2D eigenvalue weighted by Gasteiger charge is -2.12. The molecule has 1 atom stereocenters. The van der Waals surface area contributed by atoms with E-state index in [-0.39, 0.29) is 0 Å². The van der Waals surface area contributed by atoms with Crippen LogP contribution in [0, 0.1) is 0 Å². The third-order valence-corrected chi connectivity index (χ3v) is 2.38. The first-order valence-electron chi connectivity index (χ1n) is 2.62. The normalized spacial score (nSPS) is 14.4. The van der Waals surface area contributed by atoms with E-state index in [4.69, 9.17) is 5.11 Å². The van der Waals surface area contributed by atoms with Gasteiger partial charge in [-0.25, -0.2) is 5.84 Å². The minimum Gasteiger partial charge on any atom is -0.376 e. The van der Waals surface area contributed by atoms with Gasteiger partial charge in [-0.3, -0.25) is 10.2 Å². The van der Waals surface area contributed by atoms with Crippen LogP contribution in [0.4, 0.5) is 0 Å². The van der Waals surface area contributed by atoms with Gasteiger partial charge in [0.05, 0.1) is 0 Å². The maximum Gasteiger partial charge on any atom is 0.270 e. The van der Waals surface area contributed by atoms with Crippen LogP contribution < -0.4 is 11.3 Å². The number of rotatable bonds is 2. The molecule has 4 N–H and O–H groups in total. The summed E-state index contributed by atoms with van der Waals surface area (Å²) in [6.45, 7) is 2.62. The molecule has 6 heteroatoms. The van der Waals surface area contributed by atoms with Crippen LogP contribution in [-0.4, -0.2) is 30.2 Å². The summed E-state index contributed by atoms with van der Waals surface area (Å²) < 4.78 is 10.9. The highest BCUT2D eigenvalue weighted by Crippen LogP contribution is 2.40. The SMILES string of the molecule is CP(C)(=O)C(O)C(=O)NN. The fraction of sp³-hybridized carbons (Fsp3) is 0.750. The summed E-state index contributed by atoms with van der Waals surface area (Å²) >= 11 is 0. The Hall–Kier alpha value is -0.380. The molecule has 0 spiro atoms. The summed E-state index contributed by atoms with van der Waals surface area (Å²) in [6.07, 6.45) is 0. The molecule has 0 saturated carbocycles. The minimum atomic E-state index is -2.77. The minimum absolute atomic E-state index is 0.812. The van der Waals surface area contributed by atoms with E-state index in [9.17, 15) is 9.36 Å². The lowest BCUT2D eigenvalue weighted by Crippen LogP contribution is -2.38. The van der Waals surface area contributed by atoms with Crippen LogP contribution in [0.15, 0.2) is 0 Å². The third kappa shape index (κ3) is 2.47. The quantitative estimate of drug-likeness (QED) is 0.210. The van der Waals surface area contributed by atoms with Gasteiger partial charge in [0.1, 0.15) is 7.14 Å². The second-order valence-electron chi connectivity index (χ2n) is 2.32. The van der Waals surface area contributed by atoms with Crippen LogP contribution in [-0.2, 0) is 9.36 Å². The Morgan fingerprint density at radius 3 is 2.20 bits per heavy atom. The molecule has 0 fully saturated rings. The molecule has 0 heterocycles. The van der Waals surface area contributed by atoms with Gasteiger partial charge < -0.3 is 9.67 Å². The summed E-state index contributed by atoms with van der Waals surface area (Å²) in [4.78, 5) is 10.5. The number of amides is 1. The Labute approximate surface area is 58.9 Å². The lowest BCUT2D eigenvalue weighted by molar-refractivity contribution is -0.125. The van der Waals surface area contributed by atoms with Crippen molar-refractivity contribution in [2.24, 2.45) is 5.84 Å². The molecule has 0 rings (SSSR count). The maximum absolute atomic E-state index is 10.9. The first-order chi connectivity index (χ1) is 4.39. The van der Waals surface area contributed by atoms with E-state index in [1.807, 2.05) is 0 Å². The average Bonchev–Trinajstić information content (AvgIpc) is 1.83. The molecule has 60 valence electrons. The van der Waals surface area contributed by atoms with Gasteiger partial charge in [-0.1, -0.05) is 0 Å². The van der Waals surface area contributed by atoms with Crippen LogP contribution in [0.5, 0.6) is 0 Å². The van der Waals surface area contributed by atoms with Crippen LogP contribution in [0.1, 0.15) is 0 Å². The van der Waals surface area contributed by atoms with Gasteiger partial charge in [0, 0.05) is 0 Å². The monoisotopic (exact) mass is 166 g/mol. The summed E-state index contributed by atoms with van der Waals surface area (Å²) in [7, 11) is -2.77. The molecule has 0 radical (unpaired) electrons. The molecule has 0 bridgehead atoms. The number of nitrogens with two attached hydrogens (primary N) is 1. The summed E-state index contributed by atoms with van der Waals surface area (Å²) in [5.41, 5.74) is 1.71. The Kier molecular flexibility index (Phi) is 3.02. The molecule has 0 aliphatic carbocycles. The standard InChI is InChI=1S/C4H11N2O3P/c1-10(2,9)4(8)3(7)6-5/h4,8H,5H2,1-2H3,(H,6,7). The number of aliphatic hydroxyl groups excluding tert-OH is 1. The van der Waals surface area contributed by atoms with Crippen LogP contribution in [0.3, 0.4) is 0 Å². The van der Waals surface area contributed by atoms with Crippen LogP contribution in [0.25, 0.3) is 0 Å². The molecule has 5 nitrogen and oxygen atoms in total. The maximum atomic E-state index is 10.9. The number of hydrogen-bond acceptors (Lipinski definition) is 4. The highest BCUT2D eigenvalue weighted by Gasteiger charge is 2.26. The molecule has 0 aromatic rings. The Morgan fingerprint density at radius 1 is 1.70 bits per heavy atom. The van der Waals surface area contributed by atoms with E-state index in [2.05, 4.69) is 5.84 Å². The molecule has 0 aromatic carbocycles. The van der Waals surface area contributed by atoms with Crippen molar-refractivity contribution in [3.8, 4) is 0 Å². The zero-order chi connectivity index (χ0) is 8.36. The molecular weight excluding hydrogens is 155 g/mol. The zero-order valence-corrected chi connectivity index (χ0v) is 6.76. The first kappa shape index (κ1) is 9.62. The number of aliphatic hydroxyl groups is 1. The topological polar surface area (TPSA) is 92.4 Å². The van der Waals surface area contributed by atoms with Crippen LogP contribution >= 0.6 is 7.14 Å². The van der Waals surface area contributed by atoms with Crippen molar-refractivity contribution < 1.29 is 14.5 Å². The van der Waals surface area contributed by atoms with Gasteiger partial charge in [0.15, 0.2) is 5.85 Å².